The zero-order valence-corrected chi connectivity index (χ0v) is 19.1. The van der Waals surface area contributed by atoms with E-state index < -0.39 is 13.9 Å². The third-order valence-corrected chi connectivity index (χ3v) is 9.49. The predicted molar refractivity (Wildman–Crippen MR) is 111 cm³/mol. The smallest absolute Gasteiger partial charge is 0.410 e. The first kappa shape index (κ1) is 21.8. The van der Waals surface area contributed by atoms with Gasteiger partial charge in [-0.25, -0.2) is 4.79 Å². The summed E-state index contributed by atoms with van der Waals surface area (Å²) in [5.74, 6) is 0.872. The second kappa shape index (κ2) is 7.84. The maximum atomic E-state index is 12.4. The molecule has 0 spiro atoms. The van der Waals surface area contributed by atoms with Crippen LogP contribution in [0.15, 0.2) is 24.3 Å². The van der Waals surface area contributed by atoms with Crippen molar-refractivity contribution in [2.24, 2.45) is 0 Å². The van der Waals surface area contributed by atoms with Gasteiger partial charge in [0.2, 0.25) is 8.32 Å². The SMILES string of the molecule is CC(C)(C)OC(=O)N1CCOC(c2cccc(O[Si](C)(C)C(C)(C)C)c2)C1. The Bertz CT molecular complexity index is 661. The molecule has 1 atom stereocenters. The molecule has 0 radical (unpaired) electrons. The summed E-state index contributed by atoms with van der Waals surface area (Å²) in [6.07, 6.45) is -0.460. The summed E-state index contributed by atoms with van der Waals surface area (Å²) in [5.41, 5.74) is 0.529. The van der Waals surface area contributed by atoms with E-state index in [4.69, 9.17) is 13.9 Å². The van der Waals surface area contributed by atoms with Crippen molar-refractivity contribution in [3.63, 3.8) is 0 Å². The van der Waals surface area contributed by atoms with Crippen LogP contribution in [0.5, 0.6) is 5.75 Å². The van der Waals surface area contributed by atoms with E-state index in [0.717, 1.165) is 11.3 Å². The first-order chi connectivity index (χ1) is 12.3. The molecule has 1 unspecified atom stereocenters. The van der Waals surface area contributed by atoms with Gasteiger partial charge < -0.3 is 18.8 Å². The Kier molecular flexibility index (Phi) is 6.32. The predicted octanol–water partition coefficient (Wildman–Crippen LogP) is 5.38. The molecule has 1 amide bonds. The molecule has 1 heterocycles. The maximum absolute atomic E-state index is 12.4. The highest BCUT2D eigenvalue weighted by Gasteiger charge is 2.39. The molecule has 1 aliphatic rings. The van der Waals surface area contributed by atoms with E-state index in [1.807, 2.05) is 45.0 Å². The highest BCUT2D eigenvalue weighted by molar-refractivity contribution is 6.74. The number of hydrogen-bond acceptors (Lipinski definition) is 4. The summed E-state index contributed by atoms with van der Waals surface area (Å²) in [6.45, 7) is 18.3. The Morgan fingerprint density at radius 3 is 2.44 bits per heavy atom. The summed E-state index contributed by atoms with van der Waals surface area (Å²) < 4.78 is 17.8. The second-order valence-electron chi connectivity index (χ2n) is 9.72. The molecule has 1 fully saturated rings. The Labute approximate surface area is 165 Å². The van der Waals surface area contributed by atoms with Crippen LogP contribution in [0, 0.1) is 0 Å². The van der Waals surface area contributed by atoms with Crippen LogP contribution in [0.1, 0.15) is 53.2 Å². The fourth-order valence-electron chi connectivity index (χ4n) is 2.57. The fraction of sp³-hybridized carbons (Fsp3) is 0.667. The van der Waals surface area contributed by atoms with Gasteiger partial charge in [0, 0.05) is 6.54 Å². The van der Waals surface area contributed by atoms with Crippen molar-refractivity contribution in [2.75, 3.05) is 19.7 Å². The number of benzene rings is 1. The van der Waals surface area contributed by atoms with Crippen molar-refractivity contribution in [1.82, 2.24) is 4.90 Å². The van der Waals surface area contributed by atoms with Crippen LogP contribution in [-0.4, -0.2) is 44.6 Å². The molecule has 0 aromatic heterocycles. The van der Waals surface area contributed by atoms with Crippen LogP contribution < -0.4 is 4.43 Å². The molecule has 1 saturated heterocycles. The number of carbonyl (C=O) groups excluding carboxylic acids is 1. The van der Waals surface area contributed by atoms with Gasteiger partial charge in [0.25, 0.3) is 0 Å². The van der Waals surface area contributed by atoms with Crippen LogP contribution >= 0.6 is 0 Å². The molecular weight excluding hydrogens is 358 g/mol. The molecule has 1 aromatic carbocycles. The van der Waals surface area contributed by atoms with Crippen molar-refractivity contribution in [1.29, 1.82) is 0 Å². The molecule has 1 aromatic rings. The fourth-order valence-corrected chi connectivity index (χ4v) is 3.59. The Balaban J connectivity index is 2.11. The third-order valence-electron chi connectivity index (χ3n) is 5.13. The summed E-state index contributed by atoms with van der Waals surface area (Å²) in [4.78, 5) is 14.1. The monoisotopic (exact) mass is 393 g/mol. The van der Waals surface area contributed by atoms with E-state index in [-0.39, 0.29) is 17.2 Å². The van der Waals surface area contributed by atoms with E-state index in [1.54, 1.807) is 4.90 Å². The number of amides is 1. The van der Waals surface area contributed by atoms with Gasteiger partial charge >= 0.3 is 6.09 Å². The number of morpholine rings is 1. The molecule has 1 aliphatic heterocycles. The first-order valence-electron chi connectivity index (χ1n) is 9.67. The number of rotatable bonds is 3. The number of ether oxygens (including phenoxy) is 2. The summed E-state index contributed by atoms with van der Waals surface area (Å²) in [6, 6.07) is 8.07. The summed E-state index contributed by atoms with van der Waals surface area (Å²) in [5, 5.41) is 0.137. The summed E-state index contributed by atoms with van der Waals surface area (Å²) >= 11 is 0. The molecule has 6 heteroatoms. The lowest BCUT2D eigenvalue weighted by atomic mass is 10.1. The number of carbonyl (C=O) groups is 1. The molecule has 0 bridgehead atoms. The van der Waals surface area contributed by atoms with Crippen molar-refractivity contribution >= 4 is 14.4 Å². The quantitative estimate of drug-likeness (QED) is 0.647. The van der Waals surface area contributed by atoms with Gasteiger partial charge in [0.15, 0.2) is 0 Å². The molecule has 0 saturated carbocycles. The highest BCUT2D eigenvalue weighted by Crippen LogP contribution is 2.38. The molecule has 0 N–H and O–H groups in total. The standard InChI is InChI=1S/C21H35NO4Si/c1-20(2,3)25-19(23)22-12-13-24-18(15-22)16-10-9-11-17(14-16)26-27(7,8)21(4,5)6/h9-11,14,18H,12-13,15H2,1-8H3. The molecule has 0 aliphatic carbocycles. The average molecular weight is 394 g/mol. The van der Waals surface area contributed by atoms with Gasteiger partial charge in [-0.2, -0.15) is 0 Å². The van der Waals surface area contributed by atoms with E-state index in [1.165, 1.54) is 0 Å². The Morgan fingerprint density at radius 1 is 1.19 bits per heavy atom. The number of nitrogens with zero attached hydrogens (tertiary/aromatic N) is 1. The lowest BCUT2D eigenvalue weighted by molar-refractivity contribution is -0.0433. The van der Waals surface area contributed by atoms with Crippen molar-refractivity contribution in [2.45, 2.75) is 71.4 Å². The minimum Gasteiger partial charge on any atom is -0.543 e. The topological polar surface area (TPSA) is 48.0 Å². The minimum atomic E-state index is -1.90. The highest BCUT2D eigenvalue weighted by atomic mass is 28.4. The molecule has 27 heavy (non-hydrogen) atoms. The molecule has 152 valence electrons. The lowest BCUT2D eigenvalue weighted by Crippen LogP contribution is -2.45. The normalized spacial score (nSPS) is 19.0. The van der Waals surface area contributed by atoms with Crippen LogP contribution in [0.2, 0.25) is 18.1 Å². The summed E-state index contributed by atoms with van der Waals surface area (Å²) in [7, 11) is -1.90. The van der Waals surface area contributed by atoms with Crippen molar-refractivity contribution in [3.05, 3.63) is 29.8 Å². The average Bonchev–Trinajstić information content (AvgIpc) is 2.52. The van der Waals surface area contributed by atoms with E-state index >= 15 is 0 Å². The van der Waals surface area contributed by atoms with E-state index in [9.17, 15) is 4.79 Å². The maximum Gasteiger partial charge on any atom is 0.410 e. The van der Waals surface area contributed by atoms with Gasteiger partial charge in [-0.1, -0.05) is 32.9 Å². The van der Waals surface area contributed by atoms with Gasteiger partial charge in [-0.3, -0.25) is 0 Å². The molecule has 5 nitrogen and oxygen atoms in total. The van der Waals surface area contributed by atoms with Gasteiger partial charge in [-0.05, 0) is 56.6 Å². The van der Waals surface area contributed by atoms with Crippen LogP contribution in [0.3, 0.4) is 0 Å². The van der Waals surface area contributed by atoms with E-state index in [2.05, 4.69) is 33.9 Å². The molecular formula is C21H35NO4Si. The van der Waals surface area contributed by atoms with Crippen LogP contribution in [-0.2, 0) is 9.47 Å². The van der Waals surface area contributed by atoms with Crippen LogP contribution in [0.25, 0.3) is 0 Å². The lowest BCUT2D eigenvalue weighted by Gasteiger charge is -2.37. The van der Waals surface area contributed by atoms with Crippen molar-refractivity contribution < 1.29 is 18.7 Å². The van der Waals surface area contributed by atoms with Gasteiger partial charge in [0.1, 0.15) is 17.5 Å². The zero-order valence-electron chi connectivity index (χ0n) is 18.1. The Hall–Kier alpha value is -1.53. The second-order valence-corrected chi connectivity index (χ2v) is 14.4. The number of hydrogen-bond donors (Lipinski definition) is 0. The third kappa shape index (κ3) is 5.97. The first-order valence-corrected chi connectivity index (χ1v) is 12.6. The zero-order chi connectivity index (χ0) is 20.5. The Morgan fingerprint density at radius 2 is 1.85 bits per heavy atom. The van der Waals surface area contributed by atoms with E-state index in [0.29, 0.717) is 19.7 Å². The van der Waals surface area contributed by atoms with Gasteiger partial charge in [0.05, 0.1) is 13.2 Å². The minimum absolute atomic E-state index is 0.137. The largest absolute Gasteiger partial charge is 0.543 e. The van der Waals surface area contributed by atoms with Gasteiger partial charge in [-0.15, -0.1) is 0 Å². The van der Waals surface area contributed by atoms with Crippen LogP contribution in [0.4, 0.5) is 4.79 Å². The molecule has 2 rings (SSSR count). The van der Waals surface area contributed by atoms with Crippen molar-refractivity contribution in [3.8, 4) is 5.75 Å².